The lowest BCUT2D eigenvalue weighted by Crippen LogP contribution is -2.24. The summed E-state index contributed by atoms with van der Waals surface area (Å²) in [6.07, 6.45) is 4.52. The van der Waals surface area contributed by atoms with E-state index >= 15 is 0 Å². The van der Waals surface area contributed by atoms with Crippen LogP contribution >= 0.6 is 31.9 Å². The van der Waals surface area contributed by atoms with Gasteiger partial charge in [0.25, 0.3) is 0 Å². The maximum Gasteiger partial charge on any atom is 0.135 e. The molecule has 1 aromatic heterocycles. The number of hydrogen-bond acceptors (Lipinski definition) is 2. The van der Waals surface area contributed by atoms with Crippen molar-refractivity contribution in [1.82, 2.24) is 9.55 Å². The molecule has 5 heteroatoms. The largest absolute Gasteiger partial charge is 0.314 e. The van der Waals surface area contributed by atoms with E-state index in [2.05, 4.69) is 36.4 Å². The summed E-state index contributed by atoms with van der Waals surface area (Å²) in [7, 11) is 0. The number of fused-ring (bicyclic) bond motifs is 2. The smallest absolute Gasteiger partial charge is 0.135 e. The molecular formula is C13H13Br2N3. The van der Waals surface area contributed by atoms with Gasteiger partial charge in [-0.25, -0.2) is 4.98 Å². The topological polar surface area (TPSA) is 41.7 Å². The molecule has 0 amide bonds. The molecule has 1 aromatic carbocycles. The van der Waals surface area contributed by atoms with Crippen LogP contribution in [0.15, 0.2) is 21.1 Å². The Morgan fingerprint density at radius 3 is 2.83 bits per heavy atom. The van der Waals surface area contributed by atoms with E-state index < -0.39 is 0 Å². The third-order valence-electron chi connectivity index (χ3n) is 3.39. The molecule has 1 aliphatic heterocycles. The van der Waals surface area contributed by atoms with E-state index in [-0.39, 0.29) is 0 Å². The lowest BCUT2D eigenvalue weighted by Gasteiger charge is -2.12. The van der Waals surface area contributed by atoms with Crippen LogP contribution in [0.4, 0.5) is 0 Å². The van der Waals surface area contributed by atoms with Gasteiger partial charge in [-0.2, -0.15) is 0 Å². The van der Waals surface area contributed by atoms with E-state index in [9.17, 15) is 0 Å². The van der Waals surface area contributed by atoms with E-state index in [1.54, 1.807) is 0 Å². The first-order valence-electron chi connectivity index (χ1n) is 6.10. The molecule has 1 N–H and O–H groups in total. The van der Waals surface area contributed by atoms with Crippen molar-refractivity contribution in [3.8, 4) is 0 Å². The van der Waals surface area contributed by atoms with Gasteiger partial charge >= 0.3 is 0 Å². The molecule has 1 aliphatic rings. The molecule has 18 heavy (non-hydrogen) atoms. The number of nitrogens with one attached hydrogen (secondary N) is 1. The van der Waals surface area contributed by atoms with Crippen LogP contribution in [0.1, 0.15) is 25.1 Å². The lowest BCUT2D eigenvalue weighted by molar-refractivity contribution is 0.602. The Morgan fingerprint density at radius 1 is 1.17 bits per heavy atom. The number of benzene rings is 1. The van der Waals surface area contributed by atoms with Crippen molar-refractivity contribution in [2.75, 3.05) is 0 Å². The predicted octanol–water partition coefficient (Wildman–Crippen LogP) is 3.77. The second kappa shape index (κ2) is 4.78. The Bertz CT molecular complexity index is 676. The van der Waals surface area contributed by atoms with Crippen LogP contribution < -0.4 is 5.49 Å². The summed E-state index contributed by atoms with van der Waals surface area (Å²) >= 11 is 7.02. The highest BCUT2D eigenvalue weighted by molar-refractivity contribution is 9.11. The van der Waals surface area contributed by atoms with E-state index in [4.69, 9.17) is 10.4 Å². The lowest BCUT2D eigenvalue weighted by atomic mass is 10.2. The summed E-state index contributed by atoms with van der Waals surface area (Å²) in [5, 5.41) is 9.29. The van der Waals surface area contributed by atoms with E-state index in [1.165, 1.54) is 12.8 Å². The average molecular weight is 371 g/mol. The normalized spacial score (nSPS) is 15.4. The van der Waals surface area contributed by atoms with E-state index in [0.29, 0.717) is 5.49 Å². The van der Waals surface area contributed by atoms with Crippen molar-refractivity contribution < 1.29 is 0 Å². The molecule has 0 spiro atoms. The highest BCUT2D eigenvalue weighted by Crippen LogP contribution is 2.26. The van der Waals surface area contributed by atoms with Crippen molar-refractivity contribution >= 4 is 42.8 Å². The third kappa shape index (κ3) is 2.03. The fraction of sp³-hybridized carbons (Fsp3) is 0.385. The molecule has 0 fully saturated rings. The summed E-state index contributed by atoms with van der Waals surface area (Å²) < 4.78 is 3.99. The van der Waals surface area contributed by atoms with Crippen LogP contribution in [-0.4, -0.2) is 9.55 Å². The Hall–Kier alpha value is -0.680. The van der Waals surface area contributed by atoms with Crippen molar-refractivity contribution in [2.45, 2.75) is 32.2 Å². The Morgan fingerprint density at radius 2 is 2.00 bits per heavy atom. The number of aryl methyl sites for hydroxylation is 1. The van der Waals surface area contributed by atoms with Crippen molar-refractivity contribution in [3.05, 3.63) is 32.4 Å². The minimum absolute atomic E-state index is 0.582. The van der Waals surface area contributed by atoms with Gasteiger partial charge in [0, 0.05) is 27.3 Å². The van der Waals surface area contributed by atoms with Gasteiger partial charge in [0.15, 0.2) is 0 Å². The predicted molar refractivity (Wildman–Crippen MR) is 78.5 cm³/mol. The van der Waals surface area contributed by atoms with Gasteiger partial charge in [-0.05, 0) is 40.9 Å². The summed E-state index contributed by atoms with van der Waals surface area (Å²) in [5.74, 6) is 1.05. The standard InChI is InChI=1S/C13H13Br2N3/c14-8-6-9-12(10(15)7-8)17-11-4-2-1-3-5-18(11)13(9)16/h6-7,16H,1-5H2. The first-order chi connectivity index (χ1) is 8.66. The zero-order chi connectivity index (χ0) is 12.7. The molecule has 0 saturated heterocycles. The number of hydrogen-bond donors (Lipinski definition) is 1. The highest BCUT2D eigenvalue weighted by atomic mass is 79.9. The quantitative estimate of drug-likeness (QED) is 0.753. The maximum absolute atomic E-state index is 8.39. The molecule has 0 radical (unpaired) electrons. The minimum atomic E-state index is 0.582. The van der Waals surface area contributed by atoms with Crippen LogP contribution in [0.3, 0.4) is 0 Å². The molecule has 2 aromatic rings. The Kier molecular flexibility index (Phi) is 3.28. The Balaban J connectivity index is 2.38. The third-order valence-corrected chi connectivity index (χ3v) is 4.45. The zero-order valence-corrected chi connectivity index (χ0v) is 13.0. The summed E-state index contributed by atoms with van der Waals surface area (Å²) in [4.78, 5) is 4.75. The monoisotopic (exact) mass is 369 g/mol. The van der Waals surface area contributed by atoms with Gasteiger partial charge in [0.2, 0.25) is 0 Å². The van der Waals surface area contributed by atoms with Gasteiger partial charge in [-0.1, -0.05) is 22.4 Å². The van der Waals surface area contributed by atoms with Gasteiger partial charge in [-0.15, -0.1) is 0 Å². The number of nitrogens with zero attached hydrogens (tertiary/aromatic N) is 2. The summed E-state index contributed by atoms with van der Waals surface area (Å²) in [6, 6.07) is 3.97. The zero-order valence-electron chi connectivity index (χ0n) is 9.84. The van der Waals surface area contributed by atoms with Gasteiger partial charge in [-0.3, -0.25) is 5.41 Å². The maximum atomic E-state index is 8.39. The van der Waals surface area contributed by atoms with Crippen molar-refractivity contribution in [2.24, 2.45) is 0 Å². The summed E-state index contributed by atoms with van der Waals surface area (Å²) in [5.41, 5.74) is 1.48. The highest BCUT2D eigenvalue weighted by Gasteiger charge is 2.13. The molecule has 3 nitrogen and oxygen atoms in total. The van der Waals surface area contributed by atoms with Crippen molar-refractivity contribution in [3.63, 3.8) is 0 Å². The van der Waals surface area contributed by atoms with Gasteiger partial charge in [0.05, 0.1) is 5.52 Å². The fourth-order valence-corrected chi connectivity index (χ4v) is 3.80. The van der Waals surface area contributed by atoms with Crippen molar-refractivity contribution in [1.29, 1.82) is 5.41 Å². The molecule has 2 heterocycles. The number of rotatable bonds is 0. The number of halogens is 2. The Labute approximate surface area is 122 Å². The second-order valence-electron chi connectivity index (χ2n) is 4.62. The molecule has 94 valence electrons. The average Bonchev–Trinajstić information content (AvgIpc) is 2.56. The van der Waals surface area contributed by atoms with Crippen LogP contribution in [0, 0.1) is 5.41 Å². The fourth-order valence-electron chi connectivity index (χ4n) is 2.49. The molecule has 3 rings (SSSR count). The first kappa shape index (κ1) is 12.4. The minimum Gasteiger partial charge on any atom is -0.314 e. The van der Waals surface area contributed by atoms with E-state index in [1.807, 2.05) is 12.1 Å². The van der Waals surface area contributed by atoms with E-state index in [0.717, 1.165) is 45.1 Å². The molecule has 0 atom stereocenters. The van der Waals surface area contributed by atoms with Crippen LogP contribution in [0.25, 0.3) is 10.9 Å². The van der Waals surface area contributed by atoms with Gasteiger partial charge in [0.1, 0.15) is 11.3 Å². The molecule has 0 saturated carbocycles. The summed E-state index contributed by atoms with van der Waals surface area (Å²) in [6.45, 7) is 0.918. The molecular weight excluding hydrogens is 358 g/mol. The molecule has 0 bridgehead atoms. The SMILES string of the molecule is N=c1c2cc(Br)cc(Br)c2nc2n1CCCCC2. The molecule has 0 unspecified atom stereocenters. The first-order valence-corrected chi connectivity index (χ1v) is 7.68. The van der Waals surface area contributed by atoms with Gasteiger partial charge < -0.3 is 4.57 Å². The number of aromatic nitrogens is 2. The van der Waals surface area contributed by atoms with Crippen LogP contribution in [0.2, 0.25) is 0 Å². The van der Waals surface area contributed by atoms with Crippen LogP contribution in [0.5, 0.6) is 0 Å². The second-order valence-corrected chi connectivity index (χ2v) is 6.39. The van der Waals surface area contributed by atoms with Crippen LogP contribution in [-0.2, 0) is 13.0 Å². The molecule has 0 aliphatic carbocycles.